The number of pyridine rings is 1. The fourth-order valence-corrected chi connectivity index (χ4v) is 3.53. The van der Waals surface area contributed by atoms with E-state index < -0.39 is 11.9 Å². The number of primary amides is 1. The Morgan fingerprint density at radius 1 is 1.23 bits per heavy atom. The second-order valence-corrected chi connectivity index (χ2v) is 6.74. The maximum Gasteiger partial charge on any atom is 0.307 e. The van der Waals surface area contributed by atoms with Crippen LogP contribution in [-0.4, -0.2) is 34.2 Å². The van der Waals surface area contributed by atoms with Crippen LogP contribution < -0.4 is 15.8 Å². The molecule has 0 fully saturated rings. The molecular weight excluding hydrogens is 386 g/mol. The van der Waals surface area contributed by atoms with Gasteiger partial charge in [-0.05, 0) is 35.7 Å². The average Bonchev–Trinajstić information content (AvgIpc) is 2.72. The summed E-state index contributed by atoms with van der Waals surface area (Å²) in [7, 11) is 1.45. The summed E-state index contributed by atoms with van der Waals surface area (Å²) in [4.78, 5) is 27.6. The van der Waals surface area contributed by atoms with Gasteiger partial charge in [-0.1, -0.05) is 19.1 Å². The van der Waals surface area contributed by atoms with E-state index in [0.717, 1.165) is 16.8 Å². The molecule has 0 spiro atoms. The second kappa shape index (κ2) is 8.79. The quantitative estimate of drug-likeness (QED) is 0.449. The van der Waals surface area contributed by atoms with Gasteiger partial charge in [0, 0.05) is 22.8 Å². The topological polar surface area (TPSA) is 135 Å². The Bertz CT molecular complexity index is 1130. The molecule has 5 N–H and O–H groups in total. The molecule has 0 saturated carbocycles. The van der Waals surface area contributed by atoms with Gasteiger partial charge in [-0.3, -0.25) is 14.6 Å². The first kappa shape index (κ1) is 21.1. The minimum absolute atomic E-state index is 0.106. The summed E-state index contributed by atoms with van der Waals surface area (Å²) in [5.74, 6) is -1.28. The SMILES string of the molecule is CCc1c(CO)cccc1Nc1c(C(N)=O)cnc2cc(CC(=O)O)c(OC)cc12. The van der Waals surface area contributed by atoms with Crippen molar-refractivity contribution in [3.05, 3.63) is 58.8 Å². The number of hydrogen-bond donors (Lipinski definition) is 4. The van der Waals surface area contributed by atoms with Crippen molar-refractivity contribution in [1.82, 2.24) is 4.98 Å². The lowest BCUT2D eigenvalue weighted by atomic mass is 10.0. The number of nitrogens with one attached hydrogen (secondary N) is 1. The number of aliphatic hydroxyl groups excluding tert-OH is 1. The third-order valence-electron chi connectivity index (χ3n) is 4.93. The van der Waals surface area contributed by atoms with Crippen molar-refractivity contribution in [3.63, 3.8) is 0 Å². The van der Waals surface area contributed by atoms with E-state index in [-0.39, 0.29) is 18.6 Å². The zero-order valence-electron chi connectivity index (χ0n) is 16.7. The number of carboxylic acids is 1. The van der Waals surface area contributed by atoms with Crippen molar-refractivity contribution in [2.24, 2.45) is 5.73 Å². The molecule has 8 nitrogen and oxygen atoms in total. The number of carbonyl (C=O) groups is 2. The number of methoxy groups -OCH3 is 1. The largest absolute Gasteiger partial charge is 0.496 e. The van der Waals surface area contributed by atoms with Crippen LogP contribution in [0, 0.1) is 0 Å². The van der Waals surface area contributed by atoms with E-state index in [0.29, 0.717) is 34.3 Å². The van der Waals surface area contributed by atoms with Crippen molar-refractivity contribution in [2.75, 3.05) is 12.4 Å². The van der Waals surface area contributed by atoms with Crippen molar-refractivity contribution in [1.29, 1.82) is 0 Å². The smallest absolute Gasteiger partial charge is 0.307 e. The highest BCUT2D eigenvalue weighted by molar-refractivity contribution is 6.08. The minimum atomic E-state index is -0.992. The van der Waals surface area contributed by atoms with Crippen LogP contribution in [0.3, 0.4) is 0 Å². The normalized spacial score (nSPS) is 10.8. The number of nitrogens with zero attached hydrogens (tertiary/aromatic N) is 1. The Labute approximate surface area is 173 Å². The summed E-state index contributed by atoms with van der Waals surface area (Å²) in [6.07, 6.45) is 1.81. The number of anilines is 2. The first-order valence-corrected chi connectivity index (χ1v) is 9.39. The highest BCUT2D eigenvalue weighted by atomic mass is 16.5. The van der Waals surface area contributed by atoms with Crippen LogP contribution in [0.4, 0.5) is 11.4 Å². The van der Waals surface area contributed by atoms with Crippen LogP contribution in [0.15, 0.2) is 36.5 Å². The zero-order valence-corrected chi connectivity index (χ0v) is 16.7. The number of ether oxygens (including phenoxy) is 1. The summed E-state index contributed by atoms with van der Waals surface area (Å²) >= 11 is 0. The number of hydrogen-bond acceptors (Lipinski definition) is 6. The van der Waals surface area contributed by atoms with Crippen molar-refractivity contribution < 1.29 is 24.5 Å². The fourth-order valence-electron chi connectivity index (χ4n) is 3.53. The van der Waals surface area contributed by atoms with Gasteiger partial charge in [0.15, 0.2) is 0 Å². The van der Waals surface area contributed by atoms with E-state index in [9.17, 15) is 14.7 Å². The van der Waals surface area contributed by atoms with Crippen molar-refractivity contribution >= 4 is 34.2 Å². The standard InChI is InChI=1S/C22H23N3O5/c1-3-14-12(11-26)5-4-6-17(14)25-21-15-9-19(30-2)13(8-20(27)28)7-18(15)24-10-16(21)22(23)29/h4-7,9-10,26H,3,8,11H2,1-2H3,(H2,23,29)(H,24,25)(H,27,28). The lowest BCUT2D eigenvalue weighted by molar-refractivity contribution is -0.136. The van der Waals surface area contributed by atoms with E-state index >= 15 is 0 Å². The molecule has 1 heterocycles. The lowest BCUT2D eigenvalue weighted by Crippen LogP contribution is -2.15. The second-order valence-electron chi connectivity index (χ2n) is 6.74. The van der Waals surface area contributed by atoms with Crippen LogP contribution in [0.1, 0.15) is 34.0 Å². The summed E-state index contributed by atoms with van der Waals surface area (Å²) in [5.41, 5.74) is 9.60. The Kier molecular flexibility index (Phi) is 6.17. The molecule has 3 rings (SSSR count). The Morgan fingerprint density at radius 2 is 2.00 bits per heavy atom. The van der Waals surface area contributed by atoms with Gasteiger partial charge in [-0.15, -0.1) is 0 Å². The van der Waals surface area contributed by atoms with Crippen molar-refractivity contribution in [3.8, 4) is 5.75 Å². The van der Waals surface area contributed by atoms with Gasteiger partial charge in [-0.2, -0.15) is 0 Å². The number of benzene rings is 2. The molecule has 1 amide bonds. The molecule has 0 unspecified atom stereocenters. The first-order chi connectivity index (χ1) is 14.4. The third kappa shape index (κ3) is 4.04. The predicted octanol–water partition coefficient (Wildman–Crippen LogP) is 2.77. The summed E-state index contributed by atoms with van der Waals surface area (Å²) in [6, 6.07) is 8.78. The molecule has 0 radical (unpaired) electrons. The van der Waals surface area contributed by atoms with Gasteiger partial charge >= 0.3 is 5.97 Å². The Morgan fingerprint density at radius 3 is 2.60 bits per heavy atom. The average molecular weight is 409 g/mol. The van der Waals surface area contributed by atoms with Crippen LogP contribution >= 0.6 is 0 Å². The number of rotatable bonds is 8. The zero-order chi connectivity index (χ0) is 21.8. The molecule has 0 aliphatic rings. The fraction of sp³-hybridized carbons (Fsp3) is 0.227. The molecule has 0 bridgehead atoms. The van der Waals surface area contributed by atoms with Gasteiger partial charge < -0.3 is 26.0 Å². The number of aromatic nitrogens is 1. The van der Waals surface area contributed by atoms with Gasteiger partial charge in [-0.25, -0.2) is 0 Å². The predicted molar refractivity (Wildman–Crippen MR) is 113 cm³/mol. The van der Waals surface area contributed by atoms with Gasteiger partial charge in [0.1, 0.15) is 5.75 Å². The molecule has 0 atom stereocenters. The minimum Gasteiger partial charge on any atom is -0.496 e. The van der Waals surface area contributed by atoms with Crippen LogP contribution in [0.25, 0.3) is 10.9 Å². The Balaban J connectivity index is 2.25. The molecule has 0 aliphatic carbocycles. The van der Waals surface area contributed by atoms with Crippen LogP contribution in [0.2, 0.25) is 0 Å². The lowest BCUT2D eigenvalue weighted by Gasteiger charge is -2.18. The highest BCUT2D eigenvalue weighted by Crippen LogP contribution is 2.35. The third-order valence-corrected chi connectivity index (χ3v) is 4.93. The van der Waals surface area contributed by atoms with Gasteiger partial charge in [0.05, 0.1) is 36.9 Å². The molecule has 8 heteroatoms. The van der Waals surface area contributed by atoms with E-state index in [1.165, 1.54) is 13.3 Å². The Hall–Kier alpha value is -3.65. The molecular formula is C22H23N3O5. The molecule has 2 aromatic carbocycles. The maximum absolute atomic E-state index is 12.1. The first-order valence-electron chi connectivity index (χ1n) is 9.39. The summed E-state index contributed by atoms with van der Waals surface area (Å²) in [5, 5.41) is 22.7. The molecule has 1 aromatic heterocycles. The van der Waals surface area contributed by atoms with E-state index in [1.54, 1.807) is 12.1 Å². The molecule has 3 aromatic rings. The number of carbonyl (C=O) groups excluding carboxylic acids is 1. The number of nitrogens with two attached hydrogens (primary N) is 1. The highest BCUT2D eigenvalue weighted by Gasteiger charge is 2.18. The maximum atomic E-state index is 12.1. The summed E-state index contributed by atoms with van der Waals surface area (Å²) < 4.78 is 5.37. The number of carboxylic acid groups (broad SMARTS) is 1. The number of amides is 1. The van der Waals surface area contributed by atoms with Gasteiger partial charge in [0.2, 0.25) is 0 Å². The number of aliphatic carboxylic acids is 1. The molecule has 30 heavy (non-hydrogen) atoms. The number of fused-ring (bicyclic) bond motifs is 1. The van der Waals surface area contributed by atoms with Gasteiger partial charge in [0.25, 0.3) is 5.91 Å². The van der Waals surface area contributed by atoms with Crippen LogP contribution in [-0.2, 0) is 24.2 Å². The van der Waals surface area contributed by atoms with E-state index in [4.69, 9.17) is 15.6 Å². The molecule has 0 aliphatic heterocycles. The molecule has 0 saturated heterocycles. The number of aliphatic hydroxyl groups is 1. The van der Waals surface area contributed by atoms with E-state index in [1.807, 2.05) is 25.1 Å². The summed E-state index contributed by atoms with van der Waals surface area (Å²) in [6.45, 7) is 1.87. The monoisotopic (exact) mass is 409 g/mol. The van der Waals surface area contributed by atoms with Crippen LogP contribution in [0.5, 0.6) is 5.75 Å². The van der Waals surface area contributed by atoms with Crippen molar-refractivity contribution in [2.45, 2.75) is 26.4 Å². The van der Waals surface area contributed by atoms with E-state index in [2.05, 4.69) is 10.3 Å². The molecule has 156 valence electrons.